The van der Waals surface area contributed by atoms with Crippen molar-refractivity contribution in [3.05, 3.63) is 35.4 Å². The van der Waals surface area contributed by atoms with E-state index in [9.17, 15) is 4.79 Å². The smallest absolute Gasteiger partial charge is 0.225 e. The van der Waals surface area contributed by atoms with Crippen molar-refractivity contribution in [2.75, 3.05) is 20.2 Å². The van der Waals surface area contributed by atoms with Crippen molar-refractivity contribution in [3.8, 4) is 0 Å². The molecule has 1 aromatic carbocycles. The molecule has 1 aromatic rings. The Morgan fingerprint density at radius 3 is 2.52 bits per heavy atom. The molecule has 1 aliphatic heterocycles. The van der Waals surface area contributed by atoms with Crippen LogP contribution in [-0.4, -0.2) is 37.0 Å². The summed E-state index contributed by atoms with van der Waals surface area (Å²) < 4.78 is 5.14. The largest absolute Gasteiger partial charge is 0.380 e. The van der Waals surface area contributed by atoms with Crippen LogP contribution in [0.4, 0.5) is 0 Å². The van der Waals surface area contributed by atoms with Crippen LogP contribution in [0.15, 0.2) is 24.3 Å². The third-order valence-corrected chi connectivity index (χ3v) is 5.05. The molecule has 0 aromatic heterocycles. The van der Waals surface area contributed by atoms with Crippen molar-refractivity contribution < 1.29 is 9.53 Å². The predicted octanol–water partition coefficient (Wildman–Crippen LogP) is 2.57. The number of carbonyl (C=O) groups excluding carboxylic acids is 1. The highest BCUT2D eigenvalue weighted by atomic mass is 16.5. The maximum absolute atomic E-state index is 12.2. The van der Waals surface area contributed by atoms with E-state index >= 15 is 0 Å². The Labute approximate surface area is 139 Å². The molecule has 1 saturated carbocycles. The lowest BCUT2D eigenvalue weighted by Gasteiger charge is -2.37. The van der Waals surface area contributed by atoms with Gasteiger partial charge in [-0.1, -0.05) is 31.2 Å². The number of amides is 1. The van der Waals surface area contributed by atoms with E-state index in [1.807, 2.05) is 0 Å². The van der Waals surface area contributed by atoms with Crippen molar-refractivity contribution in [2.24, 2.45) is 11.8 Å². The molecular weight excluding hydrogens is 288 g/mol. The van der Waals surface area contributed by atoms with Crippen LogP contribution in [0.25, 0.3) is 0 Å². The monoisotopic (exact) mass is 316 g/mol. The zero-order valence-electron chi connectivity index (χ0n) is 14.3. The van der Waals surface area contributed by atoms with Crippen LogP contribution < -0.4 is 5.32 Å². The normalized spacial score (nSPS) is 24.7. The lowest BCUT2D eigenvalue weighted by Crippen LogP contribution is -2.50. The Hall–Kier alpha value is -1.39. The van der Waals surface area contributed by atoms with Crippen molar-refractivity contribution in [1.82, 2.24) is 10.2 Å². The minimum atomic E-state index is 0.345. The molecule has 1 aliphatic carbocycles. The molecule has 126 valence electrons. The molecule has 0 bridgehead atoms. The van der Waals surface area contributed by atoms with Gasteiger partial charge in [0.05, 0.1) is 6.61 Å². The van der Waals surface area contributed by atoms with Crippen LogP contribution in [0.2, 0.25) is 0 Å². The number of rotatable bonds is 6. The van der Waals surface area contributed by atoms with Crippen LogP contribution in [0.1, 0.15) is 37.3 Å². The number of likely N-dealkylation sites (tertiary alicyclic amines) is 1. The second kappa shape index (κ2) is 7.45. The van der Waals surface area contributed by atoms with Gasteiger partial charge in [-0.2, -0.15) is 0 Å². The fourth-order valence-electron chi connectivity index (χ4n) is 3.41. The van der Waals surface area contributed by atoms with Gasteiger partial charge in [-0.3, -0.25) is 4.79 Å². The van der Waals surface area contributed by atoms with E-state index in [-0.39, 0.29) is 0 Å². The standard InChI is InChI=1S/C19H28N2O2/c1-14-12-21(19(22)17-7-8-17)10-9-18(14)20-11-15-3-5-16(6-4-15)13-23-2/h3-6,14,17-18,20H,7-13H2,1-2H3/t14-,18+/m1/s1. The molecule has 1 amide bonds. The third kappa shape index (κ3) is 4.33. The van der Waals surface area contributed by atoms with Crippen LogP contribution in [-0.2, 0) is 22.7 Å². The van der Waals surface area contributed by atoms with Gasteiger partial charge in [0.15, 0.2) is 0 Å². The Bertz CT molecular complexity index is 525. The zero-order chi connectivity index (χ0) is 16.2. The summed E-state index contributed by atoms with van der Waals surface area (Å²) in [4.78, 5) is 14.3. The Morgan fingerprint density at radius 1 is 1.22 bits per heavy atom. The number of carbonyl (C=O) groups is 1. The molecule has 2 atom stereocenters. The first-order chi connectivity index (χ1) is 11.2. The van der Waals surface area contributed by atoms with Gasteiger partial charge in [0.1, 0.15) is 0 Å². The second-order valence-electron chi connectivity index (χ2n) is 7.06. The lowest BCUT2D eigenvalue weighted by atomic mass is 9.93. The molecule has 2 aliphatic rings. The first-order valence-corrected chi connectivity index (χ1v) is 8.76. The SMILES string of the molecule is COCc1ccc(CN[C@H]2CCN(C(=O)C3CC3)C[C@H]2C)cc1. The van der Waals surface area contributed by atoms with Crippen molar-refractivity contribution in [1.29, 1.82) is 0 Å². The number of hydrogen-bond donors (Lipinski definition) is 1. The highest BCUT2D eigenvalue weighted by Crippen LogP contribution is 2.32. The molecular formula is C19H28N2O2. The number of methoxy groups -OCH3 is 1. The molecule has 4 heteroatoms. The van der Waals surface area contributed by atoms with E-state index in [2.05, 4.69) is 41.4 Å². The summed E-state index contributed by atoms with van der Waals surface area (Å²) in [5, 5.41) is 3.67. The number of nitrogens with zero attached hydrogens (tertiary/aromatic N) is 1. The third-order valence-electron chi connectivity index (χ3n) is 5.05. The summed E-state index contributed by atoms with van der Waals surface area (Å²) in [7, 11) is 1.72. The van der Waals surface area contributed by atoms with Gasteiger partial charge < -0.3 is 15.0 Å². The first kappa shape index (κ1) is 16.5. The van der Waals surface area contributed by atoms with Gasteiger partial charge in [-0.15, -0.1) is 0 Å². The lowest BCUT2D eigenvalue weighted by molar-refractivity contribution is -0.134. The number of benzene rings is 1. The topological polar surface area (TPSA) is 41.6 Å². The summed E-state index contributed by atoms with van der Waals surface area (Å²) in [6.45, 7) is 5.62. The molecule has 23 heavy (non-hydrogen) atoms. The van der Waals surface area contributed by atoms with E-state index in [0.717, 1.165) is 38.9 Å². The van der Waals surface area contributed by atoms with E-state index in [1.54, 1.807) is 7.11 Å². The summed E-state index contributed by atoms with van der Waals surface area (Å²) >= 11 is 0. The van der Waals surface area contributed by atoms with Crippen LogP contribution >= 0.6 is 0 Å². The van der Waals surface area contributed by atoms with Gasteiger partial charge in [0.25, 0.3) is 0 Å². The van der Waals surface area contributed by atoms with Crippen LogP contribution in [0.5, 0.6) is 0 Å². The highest BCUT2D eigenvalue weighted by Gasteiger charge is 2.36. The van der Waals surface area contributed by atoms with Gasteiger partial charge in [-0.05, 0) is 36.3 Å². The minimum Gasteiger partial charge on any atom is -0.380 e. The number of nitrogens with one attached hydrogen (secondary N) is 1. The average molecular weight is 316 g/mol. The summed E-state index contributed by atoms with van der Waals surface area (Å²) in [6.07, 6.45) is 3.26. The van der Waals surface area contributed by atoms with Crippen LogP contribution in [0.3, 0.4) is 0 Å². The minimum absolute atomic E-state index is 0.345. The molecule has 1 saturated heterocycles. The summed E-state index contributed by atoms with van der Waals surface area (Å²) in [5.41, 5.74) is 2.50. The fourth-order valence-corrected chi connectivity index (χ4v) is 3.41. The zero-order valence-corrected chi connectivity index (χ0v) is 14.3. The first-order valence-electron chi connectivity index (χ1n) is 8.76. The quantitative estimate of drug-likeness (QED) is 0.877. The maximum atomic E-state index is 12.2. The predicted molar refractivity (Wildman–Crippen MR) is 90.9 cm³/mol. The van der Waals surface area contributed by atoms with E-state index in [1.165, 1.54) is 11.1 Å². The molecule has 0 unspecified atom stereocenters. The maximum Gasteiger partial charge on any atom is 0.225 e. The number of ether oxygens (including phenoxy) is 1. The molecule has 2 fully saturated rings. The van der Waals surface area contributed by atoms with Crippen molar-refractivity contribution in [2.45, 2.75) is 45.4 Å². The van der Waals surface area contributed by atoms with Gasteiger partial charge >= 0.3 is 0 Å². The highest BCUT2D eigenvalue weighted by molar-refractivity contribution is 5.81. The summed E-state index contributed by atoms with van der Waals surface area (Å²) in [5.74, 6) is 1.25. The average Bonchev–Trinajstić information content (AvgIpc) is 3.39. The number of piperidine rings is 1. The van der Waals surface area contributed by atoms with Gasteiger partial charge in [0, 0.05) is 38.7 Å². The molecule has 3 rings (SSSR count). The van der Waals surface area contributed by atoms with Gasteiger partial charge in [-0.25, -0.2) is 0 Å². The van der Waals surface area contributed by atoms with E-state index in [0.29, 0.717) is 30.4 Å². The van der Waals surface area contributed by atoms with Crippen molar-refractivity contribution in [3.63, 3.8) is 0 Å². The fraction of sp³-hybridized carbons (Fsp3) is 0.632. The van der Waals surface area contributed by atoms with Crippen molar-refractivity contribution >= 4 is 5.91 Å². The van der Waals surface area contributed by atoms with Crippen LogP contribution in [0, 0.1) is 11.8 Å². The Balaban J connectivity index is 1.46. The summed E-state index contributed by atoms with van der Waals surface area (Å²) in [6, 6.07) is 9.08. The number of hydrogen-bond acceptors (Lipinski definition) is 3. The molecule has 1 heterocycles. The second-order valence-corrected chi connectivity index (χ2v) is 7.06. The Kier molecular flexibility index (Phi) is 5.34. The molecule has 0 spiro atoms. The molecule has 4 nitrogen and oxygen atoms in total. The molecule has 0 radical (unpaired) electrons. The van der Waals surface area contributed by atoms with E-state index < -0.39 is 0 Å². The Morgan fingerprint density at radius 2 is 1.91 bits per heavy atom. The van der Waals surface area contributed by atoms with Gasteiger partial charge in [0.2, 0.25) is 5.91 Å². The molecule has 1 N–H and O–H groups in total. The van der Waals surface area contributed by atoms with E-state index in [4.69, 9.17) is 4.74 Å².